The third kappa shape index (κ3) is 2.86. The second-order valence-electron chi connectivity index (χ2n) is 4.99. The molecule has 1 aliphatic carbocycles. The Labute approximate surface area is 136 Å². The van der Waals surface area contributed by atoms with E-state index in [1.54, 1.807) is 25.2 Å². The summed E-state index contributed by atoms with van der Waals surface area (Å²) in [5.41, 5.74) is 3.66. The van der Waals surface area contributed by atoms with E-state index in [1.165, 1.54) is 12.4 Å². The number of allylic oxidation sites excluding steroid dienone is 6. The molecule has 22 heavy (non-hydrogen) atoms. The maximum atomic E-state index is 11.5. The average Bonchev–Trinajstić information content (AvgIpc) is 2.51. The number of halogens is 1. The van der Waals surface area contributed by atoms with Crippen molar-refractivity contribution in [3.8, 4) is 0 Å². The van der Waals surface area contributed by atoms with Gasteiger partial charge in [0.15, 0.2) is 5.78 Å². The second-order valence-corrected chi connectivity index (χ2v) is 5.91. The summed E-state index contributed by atoms with van der Waals surface area (Å²) in [5, 5.41) is 11.0. The first kappa shape index (κ1) is 14.7. The highest BCUT2D eigenvalue weighted by atomic mass is 79.9. The predicted octanol–water partition coefficient (Wildman–Crippen LogP) is 3.86. The summed E-state index contributed by atoms with van der Waals surface area (Å²) in [7, 11) is 0. The number of hydroxylamine groups is 2. The van der Waals surface area contributed by atoms with E-state index in [0.29, 0.717) is 11.3 Å². The lowest BCUT2D eigenvalue weighted by atomic mass is 9.99. The van der Waals surface area contributed by atoms with E-state index >= 15 is 0 Å². The zero-order chi connectivity index (χ0) is 15.7. The minimum Gasteiger partial charge on any atom is -0.290 e. The molecule has 0 saturated heterocycles. The lowest BCUT2D eigenvalue weighted by Gasteiger charge is -2.21. The molecule has 110 valence electrons. The quantitative estimate of drug-likeness (QED) is 0.830. The van der Waals surface area contributed by atoms with E-state index in [-0.39, 0.29) is 5.78 Å². The Kier molecular flexibility index (Phi) is 3.92. The van der Waals surface area contributed by atoms with Crippen molar-refractivity contribution in [1.29, 1.82) is 0 Å². The molecule has 1 aromatic carbocycles. The maximum absolute atomic E-state index is 11.5. The summed E-state index contributed by atoms with van der Waals surface area (Å²) in [4.78, 5) is 15.8. The van der Waals surface area contributed by atoms with Gasteiger partial charge in [0, 0.05) is 15.6 Å². The molecule has 0 fully saturated rings. The third-order valence-corrected chi connectivity index (χ3v) is 3.91. The van der Waals surface area contributed by atoms with Gasteiger partial charge in [-0.1, -0.05) is 28.1 Å². The molecule has 0 unspecified atom stereocenters. The number of hydrogen-bond acceptors (Lipinski definition) is 4. The van der Waals surface area contributed by atoms with Gasteiger partial charge in [0.05, 0.1) is 11.4 Å². The SMILES string of the molecule is CC1=CC(=C2C=C(c3cccc(Br)c3)N=CN2O)C=CC1=O. The fourth-order valence-corrected chi connectivity index (χ4v) is 2.64. The maximum Gasteiger partial charge on any atom is 0.181 e. The van der Waals surface area contributed by atoms with Crippen molar-refractivity contribution in [3.05, 3.63) is 75.4 Å². The third-order valence-electron chi connectivity index (χ3n) is 3.42. The molecule has 0 bridgehead atoms. The topological polar surface area (TPSA) is 52.9 Å². The summed E-state index contributed by atoms with van der Waals surface area (Å²) in [5.74, 6) is -0.0190. The first-order valence-electron chi connectivity index (χ1n) is 6.69. The molecule has 0 saturated carbocycles. The lowest BCUT2D eigenvalue weighted by Crippen LogP contribution is -2.20. The largest absolute Gasteiger partial charge is 0.290 e. The minimum absolute atomic E-state index is 0.0190. The molecule has 0 spiro atoms. The Balaban J connectivity index is 2.07. The van der Waals surface area contributed by atoms with E-state index in [2.05, 4.69) is 20.9 Å². The Morgan fingerprint density at radius 1 is 1.23 bits per heavy atom. The van der Waals surface area contributed by atoms with Gasteiger partial charge in [0.2, 0.25) is 0 Å². The standard InChI is InChI=1S/C17H13BrN2O2/c1-11-7-13(5-6-17(11)21)16-9-15(19-10-20(16)22)12-3-2-4-14(18)8-12/h2-10,22H,1H3. The van der Waals surface area contributed by atoms with E-state index in [1.807, 2.05) is 24.3 Å². The van der Waals surface area contributed by atoms with Crippen LogP contribution in [-0.2, 0) is 4.79 Å². The molecule has 0 radical (unpaired) electrons. The zero-order valence-corrected chi connectivity index (χ0v) is 13.4. The van der Waals surface area contributed by atoms with Crippen LogP contribution in [-0.4, -0.2) is 22.4 Å². The van der Waals surface area contributed by atoms with Crippen molar-refractivity contribution >= 4 is 33.7 Å². The number of ketones is 1. The monoisotopic (exact) mass is 356 g/mol. The molecule has 1 heterocycles. The van der Waals surface area contributed by atoms with Gasteiger partial charge < -0.3 is 0 Å². The Hall–Kier alpha value is -2.24. The van der Waals surface area contributed by atoms with Crippen molar-refractivity contribution < 1.29 is 10.0 Å². The van der Waals surface area contributed by atoms with E-state index < -0.39 is 0 Å². The van der Waals surface area contributed by atoms with Gasteiger partial charge in [-0.25, -0.2) is 10.1 Å². The Bertz CT molecular complexity index is 801. The van der Waals surface area contributed by atoms with Crippen LogP contribution in [0.3, 0.4) is 0 Å². The van der Waals surface area contributed by atoms with Gasteiger partial charge in [-0.3, -0.25) is 10.0 Å². The molecule has 5 heteroatoms. The van der Waals surface area contributed by atoms with Crippen molar-refractivity contribution in [1.82, 2.24) is 5.06 Å². The summed E-state index contributed by atoms with van der Waals surface area (Å²) < 4.78 is 0.959. The zero-order valence-electron chi connectivity index (χ0n) is 11.8. The van der Waals surface area contributed by atoms with Crippen LogP contribution < -0.4 is 0 Å². The van der Waals surface area contributed by atoms with E-state index in [9.17, 15) is 10.0 Å². The number of rotatable bonds is 1. The van der Waals surface area contributed by atoms with Gasteiger partial charge in [-0.2, -0.15) is 0 Å². The van der Waals surface area contributed by atoms with Gasteiger partial charge in [-0.15, -0.1) is 0 Å². The number of aliphatic imine (C=N–C) groups is 1. The van der Waals surface area contributed by atoms with Crippen LogP contribution in [0, 0.1) is 0 Å². The number of carbonyl (C=O) groups is 1. The molecule has 0 aromatic heterocycles. The Morgan fingerprint density at radius 3 is 2.77 bits per heavy atom. The highest BCUT2D eigenvalue weighted by Gasteiger charge is 2.17. The number of carbonyl (C=O) groups excluding carboxylic acids is 1. The molecular formula is C17H13BrN2O2. The molecule has 3 rings (SSSR count). The fourth-order valence-electron chi connectivity index (χ4n) is 2.24. The smallest absolute Gasteiger partial charge is 0.181 e. The van der Waals surface area contributed by atoms with Gasteiger partial charge in [0.25, 0.3) is 0 Å². The normalized spacial score (nSPS) is 21.0. The molecule has 1 aliphatic heterocycles. The minimum atomic E-state index is -0.0190. The second kappa shape index (κ2) is 5.87. The Morgan fingerprint density at radius 2 is 2.05 bits per heavy atom. The van der Waals surface area contributed by atoms with Crippen molar-refractivity contribution in [2.45, 2.75) is 6.92 Å². The molecular weight excluding hydrogens is 344 g/mol. The predicted molar refractivity (Wildman–Crippen MR) is 89.2 cm³/mol. The summed E-state index contributed by atoms with van der Waals surface area (Å²) in [6.07, 6.45) is 8.11. The molecule has 2 aliphatic rings. The van der Waals surface area contributed by atoms with Crippen LogP contribution in [0.4, 0.5) is 0 Å². The summed E-state index contributed by atoms with van der Waals surface area (Å²) >= 11 is 3.44. The van der Waals surface area contributed by atoms with Crippen LogP contribution in [0.25, 0.3) is 5.70 Å². The first-order chi connectivity index (χ1) is 10.5. The lowest BCUT2D eigenvalue weighted by molar-refractivity contribution is -0.111. The summed E-state index contributed by atoms with van der Waals surface area (Å²) in [6.45, 7) is 1.75. The van der Waals surface area contributed by atoms with Crippen LogP contribution in [0.2, 0.25) is 0 Å². The average molecular weight is 357 g/mol. The number of hydrogen-bond donors (Lipinski definition) is 1. The van der Waals surface area contributed by atoms with Crippen LogP contribution >= 0.6 is 15.9 Å². The molecule has 0 amide bonds. The fraction of sp³-hybridized carbons (Fsp3) is 0.0588. The van der Waals surface area contributed by atoms with Crippen molar-refractivity contribution in [2.75, 3.05) is 0 Å². The van der Waals surface area contributed by atoms with Crippen LogP contribution in [0.5, 0.6) is 0 Å². The molecule has 4 nitrogen and oxygen atoms in total. The number of benzene rings is 1. The van der Waals surface area contributed by atoms with E-state index in [4.69, 9.17) is 0 Å². The molecule has 1 aromatic rings. The number of nitrogens with zero attached hydrogens (tertiary/aromatic N) is 2. The highest BCUT2D eigenvalue weighted by Crippen LogP contribution is 2.27. The molecule has 1 N–H and O–H groups in total. The highest BCUT2D eigenvalue weighted by molar-refractivity contribution is 9.10. The first-order valence-corrected chi connectivity index (χ1v) is 7.49. The van der Waals surface area contributed by atoms with Gasteiger partial charge in [-0.05, 0) is 48.9 Å². The summed E-state index contributed by atoms with van der Waals surface area (Å²) in [6, 6.07) is 7.78. The van der Waals surface area contributed by atoms with Crippen molar-refractivity contribution in [2.24, 2.45) is 4.99 Å². The van der Waals surface area contributed by atoms with Gasteiger partial charge >= 0.3 is 0 Å². The molecule has 0 atom stereocenters. The van der Waals surface area contributed by atoms with Crippen LogP contribution in [0.15, 0.2) is 74.9 Å². The van der Waals surface area contributed by atoms with Gasteiger partial charge in [0.1, 0.15) is 6.34 Å². The van der Waals surface area contributed by atoms with Crippen LogP contribution in [0.1, 0.15) is 12.5 Å². The van der Waals surface area contributed by atoms with E-state index in [0.717, 1.165) is 26.4 Å². The van der Waals surface area contributed by atoms with Crippen molar-refractivity contribution in [3.63, 3.8) is 0 Å².